The van der Waals surface area contributed by atoms with Crippen molar-refractivity contribution < 1.29 is 22.7 Å². The van der Waals surface area contributed by atoms with Gasteiger partial charge in [0.2, 0.25) is 0 Å². The molecule has 0 aliphatic carbocycles. The Balaban J connectivity index is 2.02. The van der Waals surface area contributed by atoms with Gasteiger partial charge in [-0.1, -0.05) is 18.2 Å². The van der Waals surface area contributed by atoms with Crippen molar-refractivity contribution in [2.45, 2.75) is 12.0 Å². The van der Waals surface area contributed by atoms with Crippen LogP contribution in [0.15, 0.2) is 65.8 Å². The predicted molar refractivity (Wildman–Crippen MR) is 113 cm³/mol. The first kappa shape index (κ1) is 21.4. The molecule has 0 saturated heterocycles. The van der Waals surface area contributed by atoms with Crippen LogP contribution in [0.2, 0.25) is 0 Å². The van der Waals surface area contributed by atoms with Crippen LogP contribution in [0.3, 0.4) is 0 Å². The van der Waals surface area contributed by atoms with Gasteiger partial charge in [-0.15, -0.1) is 0 Å². The third-order valence-electron chi connectivity index (χ3n) is 5.41. The molecule has 2 aromatic carbocycles. The molecule has 2 heterocycles. The van der Waals surface area contributed by atoms with Crippen molar-refractivity contribution >= 4 is 11.9 Å². The molecule has 32 heavy (non-hydrogen) atoms. The lowest BCUT2D eigenvalue weighted by molar-refractivity contribution is -0.129. The van der Waals surface area contributed by atoms with Crippen molar-refractivity contribution in [3.63, 3.8) is 0 Å². The molecule has 0 fully saturated rings. The number of nitrogens with two attached hydrogens (primary N) is 1. The lowest BCUT2D eigenvalue weighted by Gasteiger charge is -2.27. The maximum atomic E-state index is 14.5. The van der Waals surface area contributed by atoms with Crippen molar-refractivity contribution in [2.75, 3.05) is 14.2 Å². The maximum Gasteiger partial charge on any atom is 0.280 e. The van der Waals surface area contributed by atoms with E-state index in [1.807, 2.05) is 0 Å². The van der Waals surface area contributed by atoms with Crippen molar-refractivity contribution in [2.24, 2.45) is 10.7 Å². The summed E-state index contributed by atoms with van der Waals surface area (Å²) in [5, 5.41) is 0. The molecule has 0 spiro atoms. The fraction of sp³-hybridized carbons (Fsp3) is 0.174. The molecule has 4 rings (SSSR count). The molecule has 2 N–H and O–H groups in total. The fourth-order valence-electron chi connectivity index (χ4n) is 3.75. The van der Waals surface area contributed by atoms with Crippen LogP contribution in [-0.2, 0) is 10.3 Å². The molecule has 1 aliphatic rings. The maximum absolute atomic E-state index is 14.5. The third-order valence-corrected chi connectivity index (χ3v) is 5.41. The Labute approximate surface area is 182 Å². The van der Waals surface area contributed by atoms with E-state index in [9.17, 15) is 18.0 Å². The number of halogens is 3. The zero-order chi connectivity index (χ0) is 23.0. The second kappa shape index (κ2) is 7.99. The van der Waals surface area contributed by atoms with Crippen molar-refractivity contribution in [3.05, 3.63) is 83.4 Å². The van der Waals surface area contributed by atoms with Gasteiger partial charge < -0.3 is 10.5 Å². The average molecular weight is 440 g/mol. The molecular weight excluding hydrogens is 421 g/mol. The van der Waals surface area contributed by atoms with Crippen LogP contribution in [0.5, 0.6) is 5.75 Å². The fourth-order valence-corrected chi connectivity index (χ4v) is 3.75. The molecule has 6 nitrogen and oxygen atoms in total. The Hall–Kier alpha value is -3.88. The number of aromatic nitrogens is 1. The van der Waals surface area contributed by atoms with E-state index in [0.717, 1.165) is 11.0 Å². The Morgan fingerprint density at radius 1 is 1.09 bits per heavy atom. The number of ether oxygens (including phenoxy) is 1. The third kappa shape index (κ3) is 3.35. The number of benzene rings is 2. The van der Waals surface area contributed by atoms with Gasteiger partial charge in [-0.05, 0) is 53.1 Å². The average Bonchev–Trinajstić information content (AvgIpc) is 3.04. The number of carbonyl (C=O) groups excluding carboxylic acids is 1. The van der Waals surface area contributed by atoms with Gasteiger partial charge in [-0.25, -0.2) is 18.2 Å². The van der Waals surface area contributed by atoms with Crippen LogP contribution in [0, 0.1) is 5.82 Å². The number of aliphatic imine (C=N–C) groups is 1. The van der Waals surface area contributed by atoms with Crippen LogP contribution in [0.1, 0.15) is 23.2 Å². The highest BCUT2D eigenvalue weighted by Crippen LogP contribution is 2.43. The largest absolute Gasteiger partial charge is 0.497 e. The minimum Gasteiger partial charge on any atom is -0.497 e. The number of hydrogen-bond donors (Lipinski definition) is 1. The first-order chi connectivity index (χ1) is 15.3. The molecular formula is C23H19F3N4O2. The molecule has 0 saturated carbocycles. The van der Waals surface area contributed by atoms with Gasteiger partial charge in [0.05, 0.1) is 7.11 Å². The highest BCUT2D eigenvalue weighted by atomic mass is 19.3. The van der Waals surface area contributed by atoms with Crippen LogP contribution < -0.4 is 10.5 Å². The summed E-state index contributed by atoms with van der Waals surface area (Å²) in [7, 11) is 2.87. The Bertz CT molecular complexity index is 1230. The normalized spacial score (nSPS) is 18.2. The number of carbonyl (C=O) groups is 1. The number of methoxy groups -OCH3 is 1. The van der Waals surface area contributed by atoms with Crippen LogP contribution in [0.4, 0.5) is 13.2 Å². The summed E-state index contributed by atoms with van der Waals surface area (Å²) in [4.78, 5) is 22.7. The minimum absolute atomic E-state index is 0.0827. The lowest BCUT2D eigenvalue weighted by atomic mass is 9.81. The molecule has 0 bridgehead atoms. The summed E-state index contributed by atoms with van der Waals surface area (Å²) < 4.78 is 46.7. The first-order valence-electron chi connectivity index (χ1n) is 9.60. The van der Waals surface area contributed by atoms with Gasteiger partial charge in [0.15, 0.2) is 11.5 Å². The van der Waals surface area contributed by atoms with Gasteiger partial charge in [0, 0.05) is 18.8 Å². The van der Waals surface area contributed by atoms with E-state index in [1.165, 1.54) is 32.5 Å². The van der Waals surface area contributed by atoms with E-state index in [1.54, 1.807) is 36.4 Å². The zero-order valence-corrected chi connectivity index (χ0v) is 17.2. The number of alkyl halides is 2. The molecule has 9 heteroatoms. The topological polar surface area (TPSA) is 80.8 Å². The number of rotatable bonds is 5. The summed E-state index contributed by atoms with van der Waals surface area (Å²) in [5.41, 5.74) is 4.85. The Morgan fingerprint density at radius 3 is 2.47 bits per heavy atom. The predicted octanol–water partition coefficient (Wildman–Crippen LogP) is 3.86. The number of guanidine groups is 1. The molecule has 1 aliphatic heterocycles. The summed E-state index contributed by atoms with van der Waals surface area (Å²) in [6.45, 7) is 0. The monoisotopic (exact) mass is 440 g/mol. The van der Waals surface area contributed by atoms with Crippen molar-refractivity contribution in [3.8, 4) is 16.9 Å². The first-order valence-corrected chi connectivity index (χ1v) is 9.60. The molecule has 0 radical (unpaired) electrons. The second-order valence-corrected chi connectivity index (χ2v) is 7.24. The second-order valence-electron chi connectivity index (χ2n) is 7.24. The molecule has 164 valence electrons. The number of hydrogen-bond acceptors (Lipinski definition) is 5. The summed E-state index contributed by atoms with van der Waals surface area (Å²) in [5.74, 6) is -0.767. The Kier molecular flexibility index (Phi) is 5.33. The number of pyridine rings is 1. The number of amides is 1. The van der Waals surface area contributed by atoms with Crippen LogP contribution in [0.25, 0.3) is 11.1 Å². The van der Waals surface area contributed by atoms with E-state index in [-0.39, 0.29) is 17.1 Å². The summed E-state index contributed by atoms with van der Waals surface area (Å²) >= 11 is 0. The highest BCUT2D eigenvalue weighted by molar-refractivity contribution is 6.09. The Morgan fingerprint density at radius 2 is 1.84 bits per heavy atom. The molecule has 1 amide bonds. The summed E-state index contributed by atoms with van der Waals surface area (Å²) in [6, 6.07) is 13.4. The van der Waals surface area contributed by atoms with Gasteiger partial charge in [-0.3, -0.25) is 14.7 Å². The molecule has 1 atom stereocenters. The van der Waals surface area contributed by atoms with Crippen LogP contribution in [-0.4, -0.2) is 35.9 Å². The van der Waals surface area contributed by atoms with Gasteiger partial charge in [0.25, 0.3) is 12.3 Å². The molecule has 1 unspecified atom stereocenters. The quantitative estimate of drug-likeness (QED) is 0.653. The van der Waals surface area contributed by atoms with E-state index < -0.39 is 29.4 Å². The van der Waals surface area contributed by atoms with Crippen LogP contribution >= 0.6 is 0 Å². The molecule has 3 aromatic rings. The number of nitrogens with zero attached hydrogens (tertiary/aromatic N) is 3. The van der Waals surface area contributed by atoms with Gasteiger partial charge in [-0.2, -0.15) is 0 Å². The summed E-state index contributed by atoms with van der Waals surface area (Å²) in [6.07, 6.45) is -1.66. The lowest BCUT2D eigenvalue weighted by Crippen LogP contribution is -2.41. The van der Waals surface area contributed by atoms with E-state index >= 15 is 0 Å². The van der Waals surface area contributed by atoms with E-state index in [4.69, 9.17) is 10.5 Å². The standard InChI is InChI=1S/C23H19F3N4O2/c1-30-21(31)23(29-22(30)27,14-7-8-28-19(12-14)20(25)26)15-9-13(10-16(11-15)32-2)17-5-3-4-6-18(17)24/h3-12,20H,1-2H3,(H2,27,29). The minimum atomic E-state index is -2.85. The zero-order valence-electron chi connectivity index (χ0n) is 17.2. The van der Waals surface area contributed by atoms with Gasteiger partial charge in [0.1, 0.15) is 17.3 Å². The van der Waals surface area contributed by atoms with E-state index in [2.05, 4.69) is 9.98 Å². The van der Waals surface area contributed by atoms with Crippen molar-refractivity contribution in [1.29, 1.82) is 0 Å². The highest BCUT2D eigenvalue weighted by Gasteiger charge is 2.50. The van der Waals surface area contributed by atoms with Gasteiger partial charge >= 0.3 is 0 Å². The SMILES string of the molecule is COc1cc(-c2ccccc2F)cc(C2(c3ccnc(C(F)F)c3)N=C(N)N(C)C2=O)c1. The van der Waals surface area contributed by atoms with Crippen molar-refractivity contribution in [1.82, 2.24) is 9.88 Å². The van der Waals surface area contributed by atoms with E-state index in [0.29, 0.717) is 16.9 Å². The number of likely N-dealkylation sites (N-methyl/N-ethyl adjacent to an activating group) is 1. The smallest absolute Gasteiger partial charge is 0.280 e. The molecule has 1 aromatic heterocycles.